The summed E-state index contributed by atoms with van der Waals surface area (Å²) in [5.41, 5.74) is 0.815. The molecule has 1 aliphatic rings. The van der Waals surface area contributed by atoms with Gasteiger partial charge in [-0.3, -0.25) is 4.79 Å². The van der Waals surface area contributed by atoms with Crippen LogP contribution in [0.3, 0.4) is 0 Å². The number of hydrogen-bond donors (Lipinski definition) is 0. The van der Waals surface area contributed by atoms with Gasteiger partial charge in [-0.15, -0.1) is 0 Å². The van der Waals surface area contributed by atoms with Crippen LogP contribution in [0, 0.1) is 5.82 Å². The first kappa shape index (κ1) is 20.0. The molecule has 0 radical (unpaired) electrons. The molecule has 1 heterocycles. The maximum Gasteiger partial charge on any atom is 0.324 e. The van der Waals surface area contributed by atoms with E-state index in [9.17, 15) is 17.6 Å². The van der Waals surface area contributed by atoms with Crippen molar-refractivity contribution in [2.75, 3.05) is 6.54 Å². The highest BCUT2D eigenvalue weighted by atomic mass is 79.9. The lowest BCUT2D eigenvalue weighted by Gasteiger charge is -2.33. The molecule has 0 aromatic heterocycles. The third-order valence-electron chi connectivity index (χ3n) is 4.44. The fourth-order valence-corrected chi connectivity index (χ4v) is 4.91. The Hall–Kier alpha value is -1.77. The van der Waals surface area contributed by atoms with Gasteiger partial charge in [-0.1, -0.05) is 28.1 Å². The number of halogens is 2. The summed E-state index contributed by atoms with van der Waals surface area (Å²) in [6, 6.07) is 11.1. The minimum absolute atomic E-state index is 0.0310. The fourth-order valence-electron chi connectivity index (χ4n) is 3.00. The van der Waals surface area contributed by atoms with Crippen LogP contribution < -0.4 is 0 Å². The summed E-state index contributed by atoms with van der Waals surface area (Å²) >= 11 is 3.34. The van der Waals surface area contributed by atoms with Crippen LogP contribution in [0.4, 0.5) is 4.39 Å². The highest BCUT2D eigenvalue weighted by molar-refractivity contribution is 9.10. The molecule has 1 fully saturated rings. The van der Waals surface area contributed by atoms with Crippen molar-refractivity contribution in [3.63, 3.8) is 0 Å². The van der Waals surface area contributed by atoms with Gasteiger partial charge < -0.3 is 4.74 Å². The Labute approximate surface area is 166 Å². The molecule has 0 amide bonds. The molecule has 27 heavy (non-hydrogen) atoms. The van der Waals surface area contributed by atoms with Crippen LogP contribution >= 0.6 is 15.9 Å². The Morgan fingerprint density at radius 1 is 1.11 bits per heavy atom. The van der Waals surface area contributed by atoms with Gasteiger partial charge in [0.25, 0.3) is 0 Å². The molecule has 5 nitrogen and oxygen atoms in total. The fraction of sp³-hybridized carbons (Fsp3) is 0.316. The van der Waals surface area contributed by atoms with Crippen molar-refractivity contribution in [2.45, 2.75) is 36.8 Å². The Bertz CT molecular complexity index is 900. The van der Waals surface area contributed by atoms with E-state index in [4.69, 9.17) is 4.74 Å². The van der Waals surface area contributed by atoms with Crippen molar-refractivity contribution < 1.29 is 22.3 Å². The predicted molar refractivity (Wildman–Crippen MR) is 102 cm³/mol. The smallest absolute Gasteiger partial charge is 0.324 e. The van der Waals surface area contributed by atoms with Crippen LogP contribution in [-0.2, 0) is 26.2 Å². The van der Waals surface area contributed by atoms with Gasteiger partial charge in [-0.05, 0) is 61.2 Å². The van der Waals surface area contributed by atoms with Crippen LogP contribution in [0.5, 0.6) is 0 Å². The second-order valence-electron chi connectivity index (χ2n) is 6.32. The van der Waals surface area contributed by atoms with Crippen molar-refractivity contribution >= 4 is 31.9 Å². The molecule has 1 aliphatic heterocycles. The number of piperidine rings is 1. The number of sulfonamides is 1. The zero-order valence-corrected chi connectivity index (χ0v) is 16.9. The topological polar surface area (TPSA) is 63.7 Å². The van der Waals surface area contributed by atoms with Crippen molar-refractivity contribution in [3.05, 3.63) is 64.4 Å². The molecule has 1 atom stereocenters. The van der Waals surface area contributed by atoms with Crippen molar-refractivity contribution in [2.24, 2.45) is 0 Å². The molecule has 8 heteroatoms. The van der Waals surface area contributed by atoms with Crippen LogP contribution in [0.1, 0.15) is 24.8 Å². The maximum absolute atomic E-state index is 13.1. The van der Waals surface area contributed by atoms with E-state index in [1.165, 1.54) is 16.4 Å². The van der Waals surface area contributed by atoms with E-state index in [2.05, 4.69) is 15.9 Å². The largest absolute Gasteiger partial charge is 0.460 e. The normalized spacial score (nSPS) is 18.2. The van der Waals surface area contributed by atoms with Gasteiger partial charge in [0.2, 0.25) is 10.0 Å². The van der Waals surface area contributed by atoms with Gasteiger partial charge in [0.15, 0.2) is 0 Å². The molecule has 3 rings (SSSR count). The molecule has 2 aromatic carbocycles. The predicted octanol–water partition coefficient (Wildman–Crippen LogP) is 3.87. The van der Waals surface area contributed by atoms with Crippen LogP contribution in [0.15, 0.2) is 57.9 Å². The molecule has 1 saturated heterocycles. The molecular formula is C19H19BrFNO4S. The highest BCUT2D eigenvalue weighted by Crippen LogP contribution is 2.26. The van der Waals surface area contributed by atoms with E-state index < -0.39 is 27.9 Å². The Kier molecular flexibility index (Phi) is 6.29. The molecule has 0 saturated carbocycles. The van der Waals surface area contributed by atoms with Crippen LogP contribution in [0.2, 0.25) is 0 Å². The molecule has 0 N–H and O–H groups in total. The Morgan fingerprint density at radius 3 is 2.44 bits per heavy atom. The average molecular weight is 456 g/mol. The SMILES string of the molecule is O=C(OCc1ccc(Br)cc1)[C@@H]1CCCCN1S(=O)(=O)c1ccc(F)cc1. The van der Waals surface area contributed by atoms with Gasteiger partial charge in [-0.2, -0.15) is 4.31 Å². The maximum atomic E-state index is 13.1. The van der Waals surface area contributed by atoms with Gasteiger partial charge in [0, 0.05) is 11.0 Å². The average Bonchev–Trinajstić information content (AvgIpc) is 2.67. The lowest BCUT2D eigenvalue weighted by atomic mass is 10.1. The van der Waals surface area contributed by atoms with Gasteiger partial charge >= 0.3 is 5.97 Å². The summed E-state index contributed by atoms with van der Waals surface area (Å²) in [4.78, 5) is 12.6. The van der Waals surface area contributed by atoms with Gasteiger partial charge in [0.05, 0.1) is 4.90 Å². The van der Waals surface area contributed by atoms with Gasteiger partial charge in [-0.25, -0.2) is 12.8 Å². The summed E-state index contributed by atoms with van der Waals surface area (Å²) in [5.74, 6) is -1.08. The third kappa shape index (κ3) is 4.75. The zero-order valence-electron chi connectivity index (χ0n) is 14.5. The molecular weight excluding hydrogens is 437 g/mol. The number of rotatable bonds is 5. The zero-order chi connectivity index (χ0) is 19.4. The van der Waals surface area contributed by atoms with E-state index in [1.54, 1.807) is 0 Å². The molecule has 2 aromatic rings. The molecule has 0 aliphatic carbocycles. The first-order valence-electron chi connectivity index (χ1n) is 8.56. The molecule has 0 unspecified atom stereocenters. The lowest BCUT2D eigenvalue weighted by Crippen LogP contribution is -2.48. The van der Waals surface area contributed by atoms with Gasteiger partial charge in [0.1, 0.15) is 18.5 Å². The van der Waals surface area contributed by atoms with Crippen LogP contribution in [0.25, 0.3) is 0 Å². The van der Waals surface area contributed by atoms with E-state index in [1.807, 2.05) is 24.3 Å². The number of benzene rings is 2. The molecule has 0 bridgehead atoms. The quantitative estimate of drug-likeness (QED) is 0.641. The van der Waals surface area contributed by atoms with Crippen LogP contribution in [-0.4, -0.2) is 31.3 Å². The molecule has 0 spiro atoms. The summed E-state index contributed by atoms with van der Waals surface area (Å²) in [5, 5.41) is 0. The lowest BCUT2D eigenvalue weighted by molar-refractivity contribution is -0.150. The number of ether oxygens (including phenoxy) is 1. The summed E-state index contributed by atoms with van der Waals surface area (Å²) in [6.07, 6.45) is 1.81. The van der Waals surface area contributed by atoms with E-state index in [0.29, 0.717) is 12.8 Å². The second-order valence-corrected chi connectivity index (χ2v) is 9.12. The van der Waals surface area contributed by atoms with E-state index in [0.717, 1.165) is 28.6 Å². The number of carbonyl (C=O) groups is 1. The first-order valence-corrected chi connectivity index (χ1v) is 10.8. The Balaban J connectivity index is 1.75. The number of hydrogen-bond acceptors (Lipinski definition) is 4. The van der Waals surface area contributed by atoms with Crippen molar-refractivity contribution in [1.29, 1.82) is 0 Å². The minimum atomic E-state index is -3.90. The third-order valence-corrected chi connectivity index (χ3v) is 6.89. The first-order chi connectivity index (χ1) is 12.9. The van der Waals surface area contributed by atoms with Crippen molar-refractivity contribution in [1.82, 2.24) is 4.31 Å². The minimum Gasteiger partial charge on any atom is -0.460 e. The highest BCUT2D eigenvalue weighted by Gasteiger charge is 2.38. The van der Waals surface area contributed by atoms with E-state index in [-0.39, 0.29) is 18.0 Å². The number of carbonyl (C=O) groups excluding carboxylic acids is 1. The van der Waals surface area contributed by atoms with E-state index >= 15 is 0 Å². The standard InChI is InChI=1S/C19H19BrFNO4S/c20-15-6-4-14(5-7-15)13-26-19(23)18-3-1-2-12-22(18)27(24,25)17-10-8-16(21)9-11-17/h4-11,18H,1-3,12-13H2/t18-/m0/s1. The Morgan fingerprint density at radius 2 is 1.78 bits per heavy atom. The second kappa shape index (κ2) is 8.50. The monoisotopic (exact) mass is 455 g/mol. The van der Waals surface area contributed by atoms with Crippen molar-refractivity contribution in [3.8, 4) is 0 Å². The summed E-state index contributed by atoms with van der Waals surface area (Å²) < 4.78 is 46.4. The molecule has 144 valence electrons. The number of esters is 1. The summed E-state index contributed by atoms with van der Waals surface area (Å²) in [6.45, 7) is 0.310. The number of nitrogens with zero attached hydrogens (tertiary/aromatic N) is 1. The summed E-state index contributed by atoms with van der Waals surface area (Å²) in [7, 11) is -3.90.